The van der Waals surface area contributed by atoms with E-state index in [1.165, 1.54) is 23.9 Å². The molecule has 0 bridgehead atoms. The summed E-state index contributed by atoms with van der Waals surface area (Å²) in [6.45, 7) is 0. The highest BCUT2D eigenvalue weighted by atomic mass is 32.2. The number of thioether (sulfide) groups is 1. The second kappa shape index (κ2) is 9.56. The van der Waals surface area contributed by atoms with Gasteiger partial charge in [0.2, 0.25) is 11.8 Å². The van der Waals surface area contributed by atoms with Gasteiger partial charge in [0.05, 0.1) is 17.8 Å². The molecule has 148 valence electrons. The number of rotatable bonds is 8. The zero-order chi connectivity index (χ0) is 20.6. The second-order valence-electron chi connectivity index (χ2n) is 5.72. The molecule has 29 heavy (non-hydrogen) atoms. The fraction of sp³-hybridized carbons (Fsp3) is 0.100. The molecule has 0 radical (unpaired) electrons. The molecule has 2 aromatic carbocycles. The molecule has 0 aliphatic heterocycles. The quantitative estimate of drug-likeness (QED) is 0.330. The normalized spacial score (nSPS) is 10.2. The molecule has 0 saturated carbocycles. The Labute approximate surface area is 171 Å². The van der Waals surface area contributed by atoms with E-state index >= 15 is 0 Å². The number of methoxy groups -OCH3 is 1. The summed E-state index contributed by atoms with van der Waals surface area (Å²) < 4.78 is 10.9. The molecule has 3 rings (SSSR count). The second-order valence-corrected chi connectivity index (χ2v) is 6.77. The molecular weight excluding hydrogens is 394 g/mol. The molecule has 0 aliphatic carbocycles. The molecule has 9 heteroatoms. The van der Waals surface area contributed by atoms with Gasteiger partial charge in [-0.15, -0.1) is 11.8 Å². The highest BCUT2D eigenvalue weighted by Gasteiger charge is 2.11. The van der Waals surface area contributed by atoms with Gasteiger partial charge >= 0.3 is 0 Å². The van der Waals surface area contributed by atoms with Crippen molar-refractivity contribution in [3.05, 3.63) is 77.0 Å². The van der Waals surface area contributed by atoms with Gasteiger partial charge in [-0.1, -0.05) is 0 Å². The minimum atomic E-state index is -0.464. The molecule has 0 aliphatic rings. The zero-order valence-electron chi connectivity index (χ0n) is 15.4. The van der Waals surface area contributed by atoms with Crippen molar-refractivity contribution in [1.29, 1.82) is 0 Å². The summed E-state index contributed by atoms with van der Waals surface area (Å²) in [5.74, 6) is 1.41. The average Bonchev–Trinajstić information content (AvgIpc) is 2.74. The maximum absolute atomic E-state index is 12.3. The number of non-ortho nitro benzene ring substituents is 1. The van der Waals surface area contributed by atoms with E-state index in [1.807, 2.05) is 0 Å². The van der Waals surface area contributed by atoms with Crippen molar-refractivity contribution < 1.29 is 19.2 Å². The van der Waals surface area contributed by atoms with Crippen LogP contribution in [0.15, 0.2) is 71.8 Å². The summed E-state index contributed by atoms with van der Waals surface area (Å²) in [7, 11) is 1.58. The van der Waals surface area contributed by atoms with E-state index in [0.29, 0.717) is 17.2 Å². The minimum absolute atomic E-state index is 0.00878. The van der Waals surface area contributed by atoms with Crippen LogP contribution in [0.3, 0.4) is 0 Å². The molecule has 1 aromatic heterocycles. The molecule has 1 amide bonds. The Hall–Kier alpha value is -3.59. The van der Waals surface area contributed by atoms with E-state index in [1.54, 1.807) is 61.8 Å². The lowest BCUT2D eigenvalue weighted by Crippen LogP contribution is -2.14. The summed E-state index contributed by atoms with van der Waals surface area (Å²) in [5.41, 5.74) is 0.451. The van der Waals surface area contributed by atoms with E-state index in [2.05, 4.69) is 10.3 Å². The van der Waals surface area contributed by atoms with Gasteiger partial charge in [0, 0.05) is 23.2 Å². The third kappa shape index (κ3) is 5.69. The molecule has 0 spiro atoms. The third-order valence-corrected chi connectivity index (χ3v) is 4.75. The van der Waals surface area contributed by atoms with Crippen LogP contribution in [0, 0.1) is 10.1 Å². The Morgan fingerprint density at radius 3 is 2.45 bits per heavy atom. The van der Waals surface area contributed by atoms with Gasteiger partial charge in [-0.25, -0.2) is 4.98 Å². The van der Waals surface area contributed by atoms with Gasteiger partial charge in [-0.2, -0.15) is 0 Å². The maximum atomic E-state index is 12.3. The Balaban J connectivity index is 1.60. The summed E-state index contributed by atoms with van der Waals surface area (Å²) in [5, 5.41) is 13.5. The summed E-state index contributed by atoms with van der Waals surface area (Å²) in [6, 6.07) is 16.4. The lowest BCUT2D eigenvalue weighted by molar-refractivity contribution is -0.384. The van der Waals surface area contributed by atoms with Crippen LogP contribution >= 0.6 is 11.8 Å². The van der Waals surface area contributed by atoms with Crippen LogP contribution < -0.4 is 14.8 Å². The molecule has 0 saturated heterocycles. The van der Waals surface area contributed by atoms with Gasteiger partial charge in [-0.05, 0) is 48.5 Å². The van der Waals surface area contributed by atoms with Crippen molar-refractivity contribution in [2.75, 3.05) is 18.2 Å². The number of anilines is 1. The van der Waals surface area contributed by atoms with Crippen molar-refractivity contribution in [3.8, 4) is 17.4 Å². The first-order chi connectivity index (χ1) is 14.0. The highest BCUT2D eigenvalue weighted by molar-refractivity contribution is 8.00. The van der Waals surface area contributed by atoms with Crippen LogP contribution in [0.25, 0.3) is 0 Å². The summed E-state index contributed by atoms with van der Waals surface area (Å²) in [4.78, 5) is 27.5. The van der Waals surface area contributed by atoms with Crippen LogP contribution in [0.4, 0.5) is 11.4 Å². The number of hydrogen-bond donors (Lipinski definition) is 1. The van der Waals surface area contributed by atoms with Gasteiger partial charge in [0.1, 0.15) is 17.2 Å². The van der Waals surface area contributed by atoms with Crippen molar-refractivity contribution in [2.24, 2.45) is 0 Å². The first-order valence-electron chi connectivity index (χ1n) is 8.49. The maximum Gasteiger partial charge on any atom is 0.269 e. The molecule has 0 fully saturated rings. The number of nitrogens with zero attached hydrogens (tertiary/aromatic N) is 2. The van der Waals surface area contributed by atoms with E-state index in [-0.39, 0.29) is 23.2 Å². The van der Waals surface area contributed by atoms with Crippen molar-refractivity contribution >= 4 is 29.0 Å². The molecule has 0 atom stereocenters. The Kier molecular flexibility index (Phi) is 6.64. The van der Waals surface area contributed by atoms with Gasteiger partial charge in [-0.3, -0.25) is 14.9 Å². The third-order valence-electron chi connectivity index (χ3n) is 3.74. The van der Waals surface area contributed by atoms with Crippen LogP contribution in [-0.2, 0) is 4.79 Å². The van der Waals surface area contributed by atoms with Crippen LogP contribution in [-0.4, -0.2) is 28.7 Å². The predicted octanol–water partition coefficient (Wildman–Crippen LogP) is 4.52. The number of aromatic nitrogens is 1. The number of nitro benzene ring substituents is 1. The highest BCUT2D eigenvalue weighted by Crippen LogP contribution is 2.28. The van der Waals surface area contributed by atoms with Gasteiger partial charge < -0.3 is 14.8 Å². The van der Waals surface area contributed by atoms with Gasteiger partial charge in [0.25, 0.3) is 5.69 Å². The fourth-order valence-electron chi connectivity index (χ4n) is 2.32. The van der Waals surface area contributed by atoms with E-state index in [4.69, 9.17) is 9.47 Å². The lowest BCUT2D eigenvalue weighted by Gasteiger charge is -2.11. The number of hydrogen-bond acceptors (Lipinski definition) is 7. The largest absolute Gasteiger partial charge is 0.497 e. The molecule has 8 nitrogen and oxygen atoms in total. The predicted molar refractivity (Wildman–Crippen MR) is 110 cm³/mol. The SMILES string of the molecule is COc1ccc(Oc2ncccc2NC(=O)CSc2ccc([N+](=O)[O-])cc2)cc1. The monoisotopic (exact) mass is 411 g/mol. The number of nitro groups is 1. The number of benzene rings is 2. The Morgan fingerprint density at radius 2 is 1.79 bits per heavy atom. The van der Waals surface area contributed by atoms with E-state index in [0.717, 1.165) is 4.90 Å². The minimum Gasteiger partial charge on any atom is -0.497 e. The molecular formula is C20H17N3O5S. The first-order valence-corrected chi connectivity index (χ1v) is 9.48. The number of ether oxygens (including phenoxy) is 2. The first kappa shape index (κ1) is 20.2. The Morgan fingerprint density at radius 1 is 1.10 bits per heavy atom. The summed E-state index contributed by atoms with van der Waals surface area (Å²) in [6.07, 6.45) is 1.57. The molecule has 3 aromatic rings. The van der Waals surface area contributed by atoms with Crippen molar-refractivity contribution in [2.45, 2.75) is 4.90 Å². The van der Waals surface area contributed by atoms with E-state index in [9.17, 15) is 14.9 Å². The summed E-state index contributed by atoms with van der Waals surface area (Å²) >= 11 is 1.27. The topological polar surface area (TPSA) is 104 Å². The molecule has 1 heterocycles. The number of pyridine rings is 1. The lowest BCUT2D eigenvalue weighted by atomic mass is 10.3. The van der Waals surface area contributed by atoms with Crippen LogP contribution in [0.5, 0.6) is 17.4 Å². The van der Waals surface area contributed by atoms with E-state index < -0.39 is 4.92 Å². The van der Waals surface area contributed by atoms with Crippen molar-refractivity contribution in [3.63, 3.8) is 0 Å². The van der Waals surface area contributed by atoms with Crippen LogP contribution in [0.2, 0.25) is 0 Å². The standard InChI is InChI=1S/C20H17N3O5S/c1-27-15-6-8-16(9-7-15)28-20-18(3-2-12-21-20)22-19(24)13-29-17-10-4-14(5-11-17)23(25)26/h2-12H,13H2,1H3,(H,22,24). The number of carbonyl (C=O) groups is 1. The molecule has 0 unspecified atom stereocenters. The fourth-order valence-corrected chi connectivity index (χ4v) is 3.02. The smallest absolute Gasteiger partial charge is 0.269 e. The number of carbonyl (C=O) groups excluding carboxylic acids is 1. The zero-order valence-corrected chi connectivity index (χ0v) is 16.2. The Bertz CT molecular complexity index is 994. The molecule has 1 N–H and O–H groups in total. The van der Waals surface area contributed by atoms with Crippen molar-refractivity contribution in [1.82, 2.24) is 4.98 Å². The van der Waals surface area contributed by atoms with Gasteiger partial charge in [0.15, 0.2) is 0 Å². The number of amides is 1. The average molecular weight is 411 g/mol. The van der Waals surface area contributed by atoms with Crippen LogP contribution in [0.1, 0.15) is 0 Å². The number of nitrogens with one attached hydrogen (secondary N) is 1.